The zero-order valence-electron chi connectivity index (χ0n) is 21.3. The monoisotopic (exact) mass is 456 g/mol. The molecule has 6 fully saturated rings. The molecule has 0 aromatic carbocycles. The van der Waals surface area contributed by atoms with Gasteiger partial charge in [-0.1, -0.05) is 41.2 Å². The molecule has 5 saturated carbocycles. The highest BCUT2D eigenvalue weighted by Gasteiger charge is 2.78. The second-order valence-corrected chi connectivity index (χ2v) is 14.2. The summed E-state index contributed by atoms with van der Waals surface area (Å²) in [6.07, 6.45) is 7.75. The summed E-state index contributed by atoms with van der Waals surface area (Å²) < 4.78 is 6.22. The van der Waals surface area contributed by atoms with Gasteiger partial charge in [0.05, 0.1) is 11.5 Å². The molecule has 0 aromatic heterocycles. The van der Waals surface area contributed by atoms with Crippen molar-refractivity contribution in [2.45, 2.75) is 111 Å². The van der Waals surface area contributed by atoms with Crippen LogP contribution in [-0.4, -0.2) is 34.5 Å². The molecule has 0 aromatic rings. The number of hydrogen-bond donors (Lipinski definition) is 2. The molecule has 5 aliphatic carbocycles. The zero-order valence-corrected chi connectivity index (χ0v) is 21.3. The Balaban J connectivity index is 1.46. The fraction of sp³-hybridized carbons (Fsp3) is 0.897. The van der Waals surface area contributed by atoms with Gasteiger partial charge in [-0.2, -0.15) is 0 Å². The van der Waals surface area contributed by atoms with Gasteiger partial charge >= 0.3 is 5.97 Å². The zero-order chi connectivity index (χ0) is 23.8. The maximum atomic E-state index is 14.0. The number of rotatable bonds is 0. The largest absolute Gasteiger partial charge is 0.458 e. The van der Waals surface area contributed by atoms with Gasteiger partial charge in [-0.15, -0.1) is 0 Å². The first kappa shape index (κ1) is 22.6. The van der Waals surface area contributed by atoms with E-state index >= 15 is 0 Å². The third kappa shape index (κ3) is 2.30. The van der Waals surface area contributed by atoms with E-state index in [4.69, 9.17) is 4.74 Å². The van der Waals surface area contributed by atoms with Crippen LogP contribution in [0, 0.1) is 50.7 Å². The van der Waals surface area contributed by atoms with Crippen molar-refractivity contribution in [2.75, 3.05) is 0 Å². The van der Waals surface area contributed by atoms with Crippen LogP contribution in [0.1, 0.15) is 92.4 Å². The molecule has 1 spiro atoms. The van der Waals surface area contributed by atoms with E-state index in [1.807, 2.05) is 0 Å². The smallest absolute Gasteiger partial charge is 0.313 e. The molecular weight excluding hydrogens is 412 g/mol. The Morgan fingerprint density at radius 1 is 0.848 bits per heavy atom. The lowest BCUT2D eigenvalue weighted by Crippen LogP contribution is -2.75. The van der Waals surface area contributed by atoms with Crippen molar-refractivity contribution >= 4 is 5.97 Å². The predicted molar refractivity (Wildman–Crippen MR) is 127 cm³/mol. The minimum atomic E-state index is -0.726. The normalized spacial score (nSPS) is 62.0. The molecule has 4 heteroatoms. The number of ether oxygens (including phenoxy) is 1. The van der Waals surface area contributed by atoms with Crippen LogP contribution in [0.5, 0.6) is 0 Å². The first-order valence-electron chi connectivity index (χ1n) is 13.6. The number of esters is 1. The van der Waals surface area contributed by atoms with Gasteiger partial charge in [-0.05, 0) is 103 Å². The molecule has 2 N–H and O–H groups in total. The Bertz CT molecular complexity index is 913. The molecule has 1 aliphatic heterocycles. The van der Waals surface area contributed by atoms with Gasteiger partial charge in [-0.3, -0.25) is 4.79 Å². The fourth-order valence-electron chi connectivity index (χ4n) is 11.5. The average molecular weight is 457 g/mol. The van der Waals surface area contributed by atoms with Crippen LogP contribution in [0.25, 0.3) is 0 Å². The molecule has 1 heterocycles. The van der Waals surface area contributed by atoms with Crippen molar-refractivity contribution in [3.63, 3.8) is 0 Å². The van der Waals surface area contributed by atoms with Crippen molar-refractivity contribution < 1.29 is 19.7 Å². The van der Waals surface area contributed by atoms with Crippen molar-refractivity contribution in [1.82, 2.24) is 0 Å². The summed E-state index contributed by atoms with van der Waals surface area (Å²) in [5.41, 5.74) is 0.519. The first-order valence-corrected chi connectivity index (χ1v) is 13.6. The number of hydrogen-bond acceptors (Lipinski definition) is 4. The number of aliphatic hydroxyl groups is 2. The maximum Gasteiger partial charge on any atom is 0.313 e. The number of fused-ring (bicyclic) bond motifs is 4. The summed E-state index contributed by atoms with van der Waals surface area (Å²) in [5.74, 6) is 1.62. The summed E-state index contributed by atoms with van der Waals surface area (Å²) in [6.45, 7) is 16.2. The van der Waals surface area contributed by atoms with Crippen molar-refractivity contribution in [2.24, 2.45) is 50.7 Å². The number of carbonyl (C=O) groups is 1. The molecule has 184 valence electrons. The summed E-state index contributed by atoms with van der Waals surface area (Å²) in [5, 5.41) is 21.6. The highest BCUT2D eigenvalue weighted by atomic mass is 16.6. The lowest BCUT2D eigenvalue weighted by molar-refractivity contribution is -0.305. The maximum absolute atomic E-state index is 14.0. The van der Waals surface area contributed by atoms with E-state index in [-0.39, 0.29) is 39.7 Å². The van der Waals surface area contributed by atoms with Crippen LogP contribution in [0.4, 0.5) is 0 Å². The highest BCUT2D eigenvalue weighted by Crippen LogP contribution is 2.79. The number of aliphatic hydroxyl groups excluding tert-OH is 2. The lowest BCUT2D eigenvalue weighted by atomic mass is 9.29. The molecule has 33 heavy (non-hydrogen) atoms. The van der Waals surface area contributed by atoms with E-state index in [2.05, 4.69) is 41.2 Å². The molecule has 0 amide bonds. The molecule has 4 nitrogen and oxygen atoms in total. The third-order valence-electron chi connectivity index (χ3n) is 13.6. The van der Waals surface area contributed by atoms with Gasteiger partial charge < -0.3 is 14.9 Å². The topological polar surface area (TPSA) is 66.8 Å². The van der Waals surface area contributed by atoms with E-state index in [1.165, 1.54) is 0 Å². The molecule has 0 unspecified atom stereocenters. The fourth-order valence-corrected chi connectivity index (χ4v) is 11.5. The minimum absolute atomic E-state index is 0.0217. The van der Waals surface area contributed by atoms with Gasteiger partial charge in [0.2, 0.25) is 0 Å². The number of carbonyl (C=O) groups excluding carboxylic acids is 1. The molecular formula is C29H44O4. The highest BCUT2D eigenvalue weighted by molar-refractivity contribution is 5.81. The lowest BCUT2D eigenvalue weighted by Gasteiger charge is -2.76. The third-order valence-corrected chi connectivity index (χ3v) is 13.6. The quantitative estimate of drug-likeness (QED) is 0.385. The molecule has 4 bridgehead atoms. The standard InChI is InChI=1S/C29H44O4/c1-16-15-21-27(5)11-13-28(6)20-9-10-25(3)17(2)18(30)7-8-19(25)26(20,4)12-14-29(21,28)24(32)33-23(27)22(16)31/h17-23,30-31H,1,7-15H2,2-6H3/t17-,18-,19+,20+,21+,22-,23-,25+,26-,27+,28+,29-/m0/s1. The SMILES string of the molecule is C=C1C[C@@H]2[C@@]3(C)CC[C@]4(C)[C@@H]5CC[C@@]6(C)[C@@H](CC[C@H](O)[C@@H]6C)[C@]5(C)CC[C@@]24C(=O)O[C@H]3[C@H]1O. The minimum Gasteiger partial charge on any atom is -0.458 e. The van der Waals surface area contributed by atoms with E-state index in [0.29, 0.717) is 17.8 Å². The van der Waals surface area contributed by atoms with Crippen LogP contribution in [-0.2, 0) is 9.53 Å². The summed E-state index contributed by atoms with van der Waals surface area (Å²) in [4.78, 5) is 14.0. The van der Waals surface area contributed by atoms with E-state index in [1.54, 1.807) is 0 Å². The van der Waals surface area contributed by atoms with E-state index < -0.39 is 17.6 Å². The van der Waals surface area contributed by atoms with Gasteiger partial charge in [0.1, 0.15) is 12.2 Å². The van der Waals surface area contributed by atoms with Crippen molar-refractivity contribution in [3.05, 3.63) is 12.2 Å². The average Bonchev–Trinajstić information content (AvgIpc) is 2.75. The molecule has 6 aliphatic rings. The Morgan fingerprint density at radius 2 is 1.55 bits per heavy atom. The van der Waals surface area contributed by atoms with Gasteiger partial charge in [0.25, 0.3) is 0 Å². The predicted octanol–water partition coefficient (Wildman–Crippen LogP) is 5.27. The molecule has 12 atom stereocenters. The second kappa shape index (κ2) is 6.46. The first-order chi connectivity index (χ1) is 15.4. The Kier molecular flexibility index (Phi) is 4.42. The molecule has 0 radical (unpaired) electrons. The van der Waals surface area contributed by atoms with Gasteiger partial charge in [0, 0.05) is 5.41 Å². The van der Waals surface area contributed by atoms with Gasteiger partial charge in [-0.25, -0.2) is 0 Å². The Labute approximate surface area is 199 Å². The molecule has 6 rings (SSSR count). The van der Waals surface area contributed by atoms with E-state index in [9.17, 15) is 15.0 Å². The van der Waals surface area contributed by atoms with Gasteiger partial charge in [0.15, 0.2) is 0 Å². The Hall–Kier alpha value is -0.870. The van der Waals surface area contributed by atoms with Crippen LogP contribution >= 0.6 is 0 Å². The summed E-state index contributed by atoms with van der Waals surface area (Å²) >= 11 is 0. The van der Waals surface area contributed by atoms with E-state index in [0.717, 1.165) is 63.4 Å². The van der Waals surface area contributed by atoms with Crippen molar-refractivity contribution in [3.8, 4) is 0 Å². The van der Waals surface area contributed by atoms with Crippen molar-refractivity contribution in [1.29, 1.82) is 0 Å². The van der Waals surface area contributed by atoms with Crippen LogP contribution in [0.15, 0.2) is 12.2 Å². The van der Waals surface area contributed by atoms with Crippen LogP contribution in [0.2, 0.25) is 0 Å². The van der Waals surface area contributed by atoms with Crippen LogP contribution in [0.3, 0.4) is 0 Å². The summed E-state index contributed by atoms with van der Waals surface area (Å²) in [6, 6.07) is 0. The summed E-state index contributed by atoms with van der Waals surface area (Å²) in [7, 11) is 0. The van der Waals surface area contributed by atoms with Crippen LogP contribution < -0.4 is 0 Å². The molecule has 1 saturated heterocycles. The Morgan fingerprint density at radius 3 is 2.27 bits per heavy atom. The second-order valence-electron chi connectivity index (χ2n) is 14.2.